The Morgan fingerprint density at radius 2 is 0.542 bits per heavy atom. The summed E-state index contributed by atoms with van der Waals surface area (Å²) in [7, 11) is 0. The monoisotopic (exact) mass is 1530 g/mol. The highest BCUT2D eigenvalue weighted by Gasteiger charge is 2.28. The van der Waals surface area contributed by atoms with Crippen molar-refractivity contribution < 1.29 is 0 Å². The fraction of sp³-hybridized carbons (Fsp3) is 0. The Labute approximate surface area is 689 Å². The molecule has 16 aromatic carbocycles. The SMILES string of the molecule is N#Cc1cc(-c2nc(-c3ccccc3)nc(-c3ccccc3)c2C#N)ccc1-c1ccc2c(c1)c1ccc3c4ccccc4n(-c4ccccc4)c3c1n2-c1ccccc1.[C-]#[N+]c1cc(-c2nc(-c3ccccc3)nc(-c3ccccc3)c2C#N)ccc1-c1ccc2c3ccc4c5ccccc5n(-c5ccccc5)c4c3n(-c3ccccc3)c2c1. The second kappa shape index (κ2) is 29.7. The van der Waals surface area contributed by atoms with E-state index in [0.717, 1.165) is 133 Å². The average molecular weight is 1530 g/mol. The quantitative estimate of drug-likeness (QED) is 0.111. The maximum atomic E-state index is 10.8. The summed E-state index contributed by atoms with van der Waals surface area (Å²) in [5.41, 5.74) is 25.0. The molecule has 0 aliphatic heterocycles. The number of aromatic nitrogens is 8. The number of benzene rings is 16. The molecule has 6 heterocycles. The van der Waals surface area contributed by atoms with Crippen molar-refractivity contribution in [1.29, 1.82) is 15.8 Å². The van der Waals surface area contributed by atoms with Gasteiger partial charge in [-0.3, -0.25) is 0 Å². The zero-order valence-corrected chi connectivity index (χ0v) is 64.3. The molecule has 0 fully saturated rings. The van der Waals surface area contributed by atoms with Crippen LogP contribution in [0.3, 0.4) is 0 Å². The van der Waals surface area contributed by atoms with Crippen LogP contribution in [-0.2, 0) is 0 Å². The van der Waals surface area contributed by atoms with Crippen molar-refractivity contribution in [3.8, 4) is 131 Å². The van der Waals surface area contributed by atoms with E-state index in [1.807, 2.05) is 170 Å². The van der Waals surface area contributed by atoms with Crippen LogP contribution in [0, 0.1) is 40.6 Å². The fourth-order valence-corrected chi connectivity index (χ4v) is 17.5. The molecular formula is C108H64N12. The first-order valence-corrected chi connectivity index (χ1v) is 39.6. The molecule has 12 nitrogen and oxygen atoms in total. The van der Waals surface area contributed by atoms with E-state index in [9.17, 15) is 15.8 Å². The molecule has 0 radical (unpaired) electrons. The van der Waals surface area contributed by atoms with Gasteiger partial charge in [0.05, 0.1) is 85.1 Å². The third kappa shape index (κ3) is 11.9. The number of rotatable bonds is 12. The summed E-state index contributed by atoms with van der Waals surface area (Å²) in [5.74, 6) is 1.02. The van der Waals surface area contributed by atoms with E-state index in [-0.39, 0.29) is 0 Å². The first-order valence-electron chi connectivity index (χ1n) is 39.6. The normalized spacial score (nSPS) is 11.3. The Hall–Kier alpha value is -17.2. The van der Waals surface area contributed by atoms with Gasteiger partial charge in [-0.05, 0) is 119 Å². The second-order valence-corrected chi connectivity index (χ2v) is 29.5. The number of nitriles is 3. The van der Waals surface area contributed by atoms with E-state index in [1.54, 1.807) is 0 Å². The lowest BCUT2D eigenvalue weighted by Gasteiger charge is -2.14. The van der Waals surface area contributed by atoms with E-state index >= 15 is 0 Å². The predicted octanol–water partition coefficient (Wildman–Crippen LogP) is 26.8. The summed E-state index contributed by atoms with van der Waals surface area (Å²) >= 11 is 0. The molecule has 0 saturated carbocycles. The molecule has 22 rings (SSSR count). The number of hydrogen-bond acceptors (Lipinski definition) is 7. The zero-order valence-electron chi connectivity index (χ0n) is 64.3. The van der Waals surface area contributed by atoms with Crippen LogP contribution < -0.4 is 0 Å². The molecule has 6 aromatic heterocycles. The number of para-hydroxylation sites is 6. The number of fused-ring (bicyclic) bond motifs is 14. The highest BCUT2D eigenvalue weighted by Crippen LogP contribution is 2.48. The van der Waals surface area contributed by atoms with Gasteiger partial charge in [0.15, 0.2) is 17.3 Å². The lowest BCUT2D eigenvalue weighted by Crippen LogP contribution is -2.01. The minimum Gasteiger partial charge on any atom is -0.307 e. The third-order valence-electron chi connectivity index (χ3n) is 22.8. The van der Waals surface area contributed by atoms with Crippen molar-refractivity contribution in [1.82, 2.24) is 38.2 Å². The van der Waals surface area contributed by atoms with Gasteiger partial charge in [0.25, 0.3) is 0 Å². The Morgan fingerprint density at radius 3 is 0.950 bits per heavy atom. The minimum atomic E-state index is 0.354. The maximum absolute atomic E-state index is 10.8. The van der Waals surface area contributed by atoms with Gasteiger partial charge in [-0.2, -0.15) is 15.8 Å². The summed E-state index contributed by atoms with van der Waals surface area (Å²) in [6.07, 6.45) is 0. The Morgan fingerprint density at radius 1 is 0.233 bits per heavy atom. The molecule has 120 heavy (non-hydrogen) atoms. The van der Waals surface area contributed by atoms with Crippen molar-refractivity contribution in [2.75, 3.05) is 0 Å². The lowest BCUT2D eigenvalue weighted by molar-refractivity contribution is 1.15. The average Bonchev–Trinajstić information content (AvgIpc) is 1.55. The Kier molecular flexibility index (Phi) is 17.5. The molecule has 22 aromatic rings. The van der Waals surface area contributed by atoms with Gasteiger partial charge in [0.1, 0.15) is 23.3 Å². The number of hydrogen-bond donors (Lipinski definition) is 0. The van der Waals surface area contributed by atoms with Crippen LogP contribution in [-0.4, -0.2) is 38.2 Å². The van der Waals surface area contributed by atoms with Gasteiger partial charge in [-0.15, -0.1) is 0 Å². The first kappa shape index (κ1) is 70.7. The van der Waals surface area contributed by atoms with Crippen LogP contribution in [0.2, 0.25) is 0 Å². The summed E-state index contributed by atoms with van der Waals surface area (Å²) in [6.45, 7) is 8.44. The number of nitrogens with zero attached hydrogens (tertiary/aromatic N) is 12. The molecule has 556 valence electrons. The molecular weight excluding hydrogens is 1470 g/mol. The summed E-state index contributed by atoms with van der Waals surface area (Å²) in [6, 6.07) is 139. The molecule has 0 unspecified atom stereocenters. The van der Waals surface area contributed by atoms with E-state index in [2.05, 4.69) is 260 Å². The molecule has 0 amide bonds. The van der Waals surface area contributed by atoms with E-state index < -0.39 is 0 Å². The minimum absolute atomic E-state index is 0.354. The van der Waals surface area contributed by atoms with E-state index in [4.69, 9.17) is 26.5 Å². The highest BCUT2D eigenvalue weighted by atomic mass is 15.1. The Balaban J connectivity index is 0.000000148. The molecule has 0 saturated heterocycles. The summed E-state index contributed by atoms with van der Waals surface area (Å²) in [5, 5.41) is 41.2. The van der Waals surface area contributed by atoms with Gasteiger partial charge >= 0.3 is 0 Å². The van der Waals surface area contributed by atoms with Crippen LogP contribution in [0.1, 0.15) is 16.7 Å². The highest BCUT2D eigenvalue weighted by molar-refractivity contribution is 6.26. The summed E-state index contributed by atoms with van der Waals surface area (Å²) < 4.78 is 9.51. The lowest BCUT2D eigenvalue weighted by atomic mass is 9.94. The Bertz CT molecular complexity index is 7910. The van der Waals surface area contributed by atoms with Crippen molar-refractivity contribution in [2.45, 2.75) is 0 Å². The largest absolute Gasteiger partial charge is 0.307 e. The maximum Gasteiger partial charge on any atom is 0.195 e. The molecule has 12 heteroatoms. The van der Waals surface area contributed by atoms with Gasteiger partial charge in [0.2, 0.25) is 0 Å². The van der Waals surface area contributed by atoms with Crippen molar-refractivity contribution in [3.05, 3.63) is 416 Å². The molecule has 0 spiro atoms. The first-order chi connectivity index (χ1) is 59.4. The van der Waals surface area contributed by atoms with Crippen LogP contribution >= 0.6 is 0 Å². The zero-order chi connectivity index (χ0) is 80.3. The van der Waals surface area contributed by atoms with Gasteiger partial charge < -0.3 is 18.3 Å². The fourth-order valence-electron chi connectivity index (χ4n) is 17.5. The van der Waals surface area contributed by atoms with Crippen LogP contribution in [0.5, 0.6) is 0 Å². The van der Waals surface area contributed by atoms with E-state index in [1.165, 1.54) is 21.5 Å². The predicted molar refractivity (Wildman–Crippen MR) is 485 cm³/mol. The molecule has 0 atom stereocenters. The van der Waals surface area contributed by atoms with Gasteiger partial charge in [-0.1, -0.05) is 297 Å². The standard InChI is InChI=1S/2C54H32N6/c1-56-47-32-38(51-46(34-55)50(35-16-6-2-7-17-35)57-54(58-51)36-18-8-3-9-19-36)27-28-41(47)37-26-29-43-45-31-30-44-42-24-14-15-25-48(42)59(39-20-10-4-11-21-39)52(44)53(45)60(49(43)33-37)40-22-12-5-13-23-40;55-33-39-31-38(51-47(34-56)50(35-15-5-1-6-16-35)57-54(58-51)36-17-7-2-8-18-36)25-27-42(39)37-26-30-49-46(32-37)45-29-28-44-43-23-13-14-24-48(43)59(40-19-9-3-10-20-40)52(44)53(45)60(49)41-21-11-4-12-22-41/h2-33H;1-32H. The summed E-state index contributed by atoms with van der Waals surface area (Å²) in [4.78, 5) is 23.9. The van der Waals surface area contributed by atoms with E-state index in [0.29, 0.717) is 67.9 Å². The third-order valence-corrected chi connectivity index (χ3v) is 22.8. The van der Waals surface area contributed by atoms with Crippen molar-refractivity contribution >= 4 is 92.9 Å². The molecule has 0 aliphatic carbocycles. The second-order valence-electron chi connectivity index (χ2n) is 29.5. The van der Waals surface area contributed by atoms with Crippen molar-refractivity contribution in [2.24, 2.45) is 0 Å². The van der Waals surface area contributed by atoms with Crippen molar-refractivity contribution in [3.63, 3.8) is 0 Å². The molecule has 0 aliphatic rings. The van der Waals surface area contributed by atoms with Crippen LogP contribution in [0.4, 0.5) is 5.69 Å². The molecule has 0 bridgehead atoms. The van der Waals surface area contributed by atoms with Gasteiger partial charge in [0, 0.05) is 93.7 Å². The van der Waals surface area contributed by atoms with Crippen LogP contribution in [0.25, 0.3) is 205 Å². The molecule has 0 N–H and O–H groups in total. The smallest absolute Gasteiger partial charge is 0.195 e. The van der Waals surface area contributed by atoms with Crippen LogP contribution in [0.15, 0.2) is 388 Å². The topological polar surface area (TPSA) is 147 Å². The van der Waals surface area contributed by atoms with Gasteiger partial charge in [-0.25, -0.2) is 24.8 Å².